The van der Waals surface area contributed by atoms with Gasteiger partial charge in [0.2, 0.25) is 10.0 Å². The fourth-order valence-electron chi connectivity index (χ4n) is 2.34. The van der Waals surface area contributed by atoms with Crippen molar-refractivity contribution in [2.75, 3.05) is 6.54 Å². The van der Waals surface area contributed by atoms with Gasteiger partial charge < -0.3 is 5.11 Å². The van der Waals surface area contributed by atoms with Gasteiger partial charge in [0.1, 0.15) is 16.5 Å². The van der Waals surface area contributed by atoms with E-state index in [0.717, 1.165) is 18.2 Å². The minimum Gasteiger partial charge on any atom is -0.387 e. The predicted molar refractivity (Wildman–Crippen MR) is 79.2 cm³/mol. The van der Waals surface area contributed by atoms with E-state index in [1.165, 1.54) is 11.6 Å². The summed E-state index contributed by atoms with van der Waals surface area (Å²) < 4.78 is 55.4. The normalized spacial score (nSPS) is 13.3. The second kappa shape index (κ2) is 6.34. The highest BCUT2D eigenvalue weighted by Crippen LogP contribution is 2.22. The van der Waals surface area contributed by atoms with E-state index in [9.17, 15) is 22.3 Å². The van der Waals surface area contributed by atoms with Gasteiger partial charge in [-0.15, -0.1) is 0 Å². The van der Waals surface area contributed by atoms with Gasteiger partial charge in [0.25, 0.3) is 0 Å². The Morgan fingerprint density at radius 1 is 1.30 bits per heavy atom. The van der Waals surface area contributed by atoms with E-state index in [-0.39, 0.29) is 4.90 Å². The Morgan fingerprint density at radius 2 is 1.87 bits per heavy atom. The summed E-state index contributed by atoms with van der Waals surface area (Å²) >= 11 is 0. The van der Waals surface area contributed by atoms with Crippen molar-refractivity contribution >= 4 is 10.0 Å². The number of halogens is 2. The third-order valence-electron chi connectivity index (χ3n) is 3.51. The average Bonchev–Trinajstić information content (AvgIpc) is 2.70. The number of aliphatic hydroxyl groups excluding tert-OH is 1. The molecule has 1 aromatic heterocycles. The third kappa shape index (κ3) is 3.41. The summed E-state index contributed by atoms with van der Waals surface area (Å²) in [6.07, 6.45) is -1.65. The molecule has 0 saturated carbocycles. The molecule has 2 N–H and O–H groups in total. The topological polar surface area (TPSA) is 84.2 Å². The summed E-state index contributed by atoms with van der Waals surface area (Å²) in [6.45, 7) is 2.56. The molecule has 0 bridgehead atoms. The van der Waals surface area contributed by atoms with Crippen LogP contribution in [0.2, 0.25) is 0 Å². The summed E-state index contributed by atoms with van der Waals surface area (Å²) in [5.74, 6) is -1.88. The number of sulfonamides is 1. The van der Waals surface area contributed by atoms with Gasteiger partial charge in [-0.25, -0.2) is 21.9 Å². The van der Waals surface area contributed by atoms with Crippen molar-refractivity contribution in [1.82, 2.24) is 14.5 Å². The van der Waals surface area contributed by atoms with Gasteiger partial charge in [-0.2, -0.15) is 5.10 Å². The Bertz CT molecular complexity index is 814. The van der Waals surface area contributed by atoms with E-state index in [1.807, 2.05) is 0 Å². The number of aromatic nitrogens is 2. The van der Waals surface area contributed by atoms with Crippen molar-refractivity contribution in [3.63, 3.8) is 0 Å². The van der Waals surface area contributed by atoms with Gasteiger partial charge in [-0.3, -0.25) is 4.68 Å². The molecule has 1 atom stereocenters. The Labute approximate surface area is 132 Å². The largest absolute Gasteiger partial charge is 0.387 e. The lowest BCUT2D eigenvalue weighted by molar-refractivity contribution is 0.172. The van der Waals surface area contributed by atoms with Crippen LogP contribution in [0.5, 0.6) is 0 Å². The summed E-state index contributed by atoms with van der Waals surface area (Å²) in [4.78, 5) is -0.0128. The minimum atomic E-state index is -3.97. The summed E-state index contributed by atoms with van der Waals surface area (Å²) in [5, 5.41) is 13.9. The van der Waals surface area contributed by atoms with Crippen LogP contribution in [0.4, 0.5) is 8.78 Å². The van der Waals surface area contributed by atoms with Crippen LogP contribution in [0, 0.1) is 25.5 Å². The molecule has 2 rings (SSSR count). The van der Waals surface area contributed by atoms with Crippen LogP contribution >= 0.6 is 0 Å². The molecule has 0 fully saturated rings. The third-order valence-corrected chi connectivity index (χ3v) is 5.19. The molecule has 1 unspecified atom stereocenters. The van der Waals surface area contributed by atoms with Gasteiger partial charge in [-0.1, -0.05) is 6.07 Å². The van der Waals surface area contributed by atoms with Crippen LogP contribution in [0.15, 0.2) is 23.1 Å². The van der Waals surface area contributed by atoms with E-state index < -0.39 is 39.9 Å². The number of nitrogens with one attached hydrogen (secondary N) is 1. The maximum absolute atomic E-state index is 13.6. The Balaban J connectivity index is 2.23. The molecular formula is C14H17F2N3O3S. The van der Waals surface area contributed by atoms with Crippen molar-refractivity contribution in [3.8, 4) is 0 Å². The smallest absolute Gasteiger partial charge is 0.244 e. The first kappa shape index (κ1) is 17.5. The zero-order valence-corrected chi connectivity index (χ0v) is 13.7. The maximum atomic E-state index is 13.6. The van der Waals surface area contributed by atoms with Gasteiger partial charge in [0.05, 0.1) is 23.1 Å². The van der Waals surface area contributed by atoms with Crippen LogP contribution < -0.4 is 4.72 Å². The molecule has 6 nitrogen and oxygen atoms in total. The lowest BCUT2D eigenvalue weighted by Gasteiger charge is -2.14. The molecule has 2 aromatic rings. The molecule has 23 heavy (non-hydrogen) atoms. The van der Waals surface area contributed by atoms with Gasteiger partial charge in [0.15, 0.2) is 0 Å². The van der Waals surface area contributed by atoms with Gasteiger partial charge >= 0.3 is 0 Å². The molecule has 0 aliphatic carbocycles. The number of aliphatic hydroxyl groups is 1. The van der Waals surface area contributed by atoms with Crippen molar-refractivity contribution in [1.29, 1.82) is 0 Å². The second-order valence-electron chi connectivity index (χ2n) is 5.13. The lowest BCUT2D eigenvalue weighted by atomic mass is 10.1. The molecule has 0 aliphatic heterocycles. The number of hydrogen-bond donors (Lipinski definition) is 2. The van der Waals surface area contributed by atoms with E-state index in [4.69, 9.17) is 0 Å². The Kier molecular flexibility index (Phi) is 4.83. The number of nitrogens with zero attached hydrogens (tertiary/aromatic N) is 2. The lowest BCUT2D eigenvalue weighted by Crippen LogP contribution is -2.30. The van der Waals surface area contributed by atoms with Crippen LogP contribution in [0.3, 0.4) is 0 Å². The first-order valence-corrected chi connectivity index (χ1v) is 8.25. The van der Waals surface area contributed by atoms with E-state index in [1.54, 1.807) is 14.0 Å². The van der Waals surface area contributed by atoms with Crippen LogP contribution in [-0.2, 0) is 17.1 Å². The highest BCUT2D eigenvalue weighted by molar-refractivity contribution is 7.89. The summed E-state index contributed by atoms with van der Waals surface area (Å²) in [6, 6.07) is 3.14. The summed E-state index contributed by atoms with van der Waals surface area (Å²) in [5.41, 5.74) is 0.139. The molecule has 0 spiro atoms. The van der Waals surface area contributed by atoms with Crippen molar-refractivity contribution in [2.45, 2.75) is 24.8 Å². The molecule has 0 saturated heterocycles. The van der Waals surface area contributed by atoms with Gasteiger partial charge in [0, 0.05) is 13.6 Å². The van der Waals surface area contributed by atoms with Crippen molar-refractivity contribution < 1.29 is 22.3 Å². The monoisotopic (exact) mass is 345 g/mol. The predicted octanol–water partition coefficient (Wildman–Crippen LogP) is 1.33. The number of benzene rings is 1. The number of aryl methyl sites for hydroxylation is 2. The second-order valence-corrected chi connectivity index (χ2v) is 6.83. The number of rotatable bonds is 5. The molecule has 9 heteroatoms. The van der Waals surface area contributed by atoms with Gasteiger partial charge in [-0.05, 0) is 26.0 Å². The molecule has 1 heterocycles. The summed E-state index contributed by atoms with van der Waals surface area (Å²) in [7, 11) is -2.37. The first-order valence-electron chi connectivity index (χ1n) is 6.77. The Hall–Kier alpha value is -1.84. The van der Waals surface area contributed by atoms with Crippen LogP contribution in [0.25, 0.3) is 0 Å². The molecule has 0 amide bonds. The SMILES string of the molecule is Cc1nn(C)c(C)c1S(=O)(=O)NCC(O)c1c(F)cccc1F. The zero-order chi connectivity index (χ0) is 17.4. The van der Waals surface area contributed by atoms with Crippen LogP contribution in [0.1, 0.15) is 23.1 Å². The standard InChI is InChI=1S/C14H17F2N3O3S/c1-8-14(9(2)19(3)18-8)23(21,22)17-7-12(20)13-10(15)5-4-6-11(13)16/h4-6,12,17,20H,7H2,1-3H3. The minimum absolute atomic E-state index is 0.0128. The van der Waals surface area contributed by atoms with Crippen LogP contribution in [-0.4, -0.2) is 29.8 Å². The quantitative estimate of drug-likeness (QED) is 0.856. The molecular weight excluding hydrogens is 328 g/mol. The fraction of sp³-hybridized carbons (Fsp3) is 0.357. The van der Waals surface area contributed by atoms with Crippen molar-refractivity contribution in [2.24, 2.45) is 7.05 Å². The van der Waals surface area contributed by atoms with Crippen molar-refractivity contribution in [3.05, 3.63) is 46.8 Å². The molecule has 0 radical (unpaired) electrons. The van der Waals surface area contributed by atoms with E-state index >= 15 is 0 Å². The van der Waals surface area contributed by atoms with E-state index in [2.05, 4.69) is 9.82 Å². The Morgan fingerprint density at radius 3 is 2.35 bits per heavy atom. The molecule has 1 aromatic carbocycles. The zero-order valence-electron chi connectivity index (χ0n) is 12.8. The molecule has 126 valence electrons. The highest BCUT2D eigenvalue weighted by Gasteiger charge is 2.26. The van der Waals surface area contributed by atoms with E-state index in [0.29, 0.717) is 11.4 Å². The maximum Gasteiger partial charge on any atom is 0.244 e. The fourth-order valence-corrected chi connectivity index (χ4v) is 3.81. The number of hydrogen-bond acceptors (Lipinski definition) is 4. The average molecular weight is 345 g/mol. The highest BCUT2D eigenvalue weighted by atomic mass is 32.2. The molecule has 0 aliphatic rings. The first-order chi connectivity index (χ1) is 10.6.